The minimum atomic E-state index is 0.613. The van der Waals surface area contributed by atoms with Crippen molar-refractivity contribution in [3.63, 3.8) is 0 Å². The number of hydrogen-bond acceptors (Lipinski definition) is 3. The average molecular weight is 417 g/mol. The lowest BCUT2D eigenvalue weighted by Crippen LogP contribution is -2.29. The molecule has 0 spiro atoms. The molecule has 5 aromatic rings. The van der Waals surface area contributed by atoms with Crippen molar-refractivity contribution in [2.24, 2.45) is 0 Å². The summed E-state index contributed by atoms with van der Waals surface area (Å²) in [4.78, 5) is 5.74. The van der Waals surface area contributed by atoms with Crippen molar-refractivity contribution in [2.45, 2.75) is 0 Å². The molecule has 0 fully saturated rings. The second kappa shape index (κ2) is 7.78. The maximum absolute atomic E-state index is 5.94. The van der Waals surface area contributed by atoms with Gasteiger partial charge in [-0.15, -0.1) is 0 Å². The third kappa shape index (κ3) is 3.06. The fourth-order valence-corrected chi connectivity index (χ4v) is 4.34. The van der Waals surface area contributed by atoms with Crippen LogP contribution in [0.25, 0.3) is 33.6 Å². The molecule has 1 radical (unpaired) electrons. The van der Waals surface area contributed by atoms with Gasteiger partial charge in [-0.3, -0.25) is 5.10 Å². The number of hydrogen-bond donors (Lipinski definition) is 2. The number of rotatable bonds is 4. The molecule has 2 aromatic heterocycles. The van der Waals surface area contributed by atoms with Crippen LogP contribution in [0.3, 0.4) is 0 Å². The Morgan fingerprint density at radius 2 is 1.56 bits per heavy atom. The van der Waals surface area contributed by atoms with Crippen LogP contribution in [0.4, 0.5) is 11.4 Å². The van der Waals surface area contributed by atoms with Crippen LogP contribution in [-0.4, -0.2) is 28.3 Å². The van der Waals surface area contributed by atoms with Gasteiger partial charge in [0.05, 0.1) is 29.8 Å². The van der Waals surface area contributed by atoms with Crippen LogP contribution in [-0.2, 0) is 0 Å². The minimum absolute atomic E-state index is 0.613. The molecule has 1 aliphatic rings. The monoisotopic (exact) mass is 417 g/mol. The number of anilines is 2. The molecule has 5 nitrogen and oxygen atoms in total. The molecule has 0 saturated heterocycles. The third-order valence-corrected chi connectivity index (χ3v) is 5.81. The summed E-state index contributed by atoms with van der Waals surface area (Å²) in [6.07, 6.45) is 5.37. The summed E-state index contributed by atoms with van der Waals surface area (Å²) in [7, 11) is 0. The van der Waals surface area contributed by atoms with Crippen LogP contribution in [0, 0.1) is 6.20 Å². The SMILES string of the molecule is [c]1[nH]c(-c2n[nH]cc2-c2ccccc2)c(N2CCOc3ccccc32)c1-c1ccccc1. The summed E-state index contributed by atoms with van der Waals surface area (Å²) in [6, 6.07) is 28.8. The van der Waals surface area contributed by atoms with Crippen LogP contribution >= 0.6 is 0 Å². The number of ether oxygens (including phenoxy) is 1. The van der Waals surface area contributed by atoms with Gasteiger partial charge in [0.15, 0.2) is 0 Å². The second-order valence-electron chi connectivity index (χ2n) is 7.70. The van der Waals surface area contributed by atoms with Gasteiger partial charge in [0.1, 0.15) is 18.1 Å². The zero-order chi connectivity index (χ0) is 21.3. The predicted octanol–water partition coefficient (Wildman–Crippen LogP) is 6.07. The summed E-state index contributed by atoms with van der Waals surface area (Å²) in [6.45, 7) is 1.35. The molecule has 3 heterocycles. The lowest BCUT2D eigenvalue weighted by atomic mass is 10.0. The maximum atomic E-state index is 5.94. The Bertz CT molecular complexity index is 1350. The molecular weight excluding hydrogens is 396 g/mol. The number of H-pyrrole nitrogens is 2. The first-order valence-corrected chi connectivity index (χ1v) is 10.7. The number of nitrogens with zero attached hydrogens (tertiary/aromatic N) is 2. The molecule has 2 N–H and O–H groups in total. The third-order valence-electron chi connectivity index (χ3n) is 5.81. The van der Waals surface area contributed by atoms with Crippen molar-refractivity contribution in [2.75, 3.05) is 18.1 Å². The van der Waals surface area contributed by atoms with E-state index in [2.05, 4.69) is 68.7 Å². The van der Waals surface area contributed by atoms with Gasteiger partial charge in [0.25, 0.3) is 0 Å². The van der Waals surface area contributed by atoms with E-state index in [1.807, 2.05) is 48.7 Å². The lowest BCUT2D eigenvalue weighted by Gasteiger charge is -2.32. The quantitative estimate of drug-likeness (QED) is 0.373. The standard InChI is InChI=1S/C27H21N4O/c1-3-9-19(10-4-1)21-18-29-30-25(21)26-27(22(17-28-26)20-11-5-2-6-12-20)31-15-16-32-24-14-8-7-13-23(24)31/h1-14,18,28H,15-16H2,(H,29,30). The van der Waals surface area contributed by atoms with Crippen molar-refractivity contribution >= 4 is 11.4 Å². The van der Waals surface area contributed by atoms with Crippen molar-refractivity contribution in [3.05, 3.63) is 97.3 Å². The molecule has 0 atom stereocenters. The Hall–Kier alpha value is -4.25. The minimum Gasteiger partial charge on any atom is -0.490 e. The molecular formula is C27H21N4O. The van der Waals surface area contributed by atoms with Gasteiger partial charge in [0.2, 0.25) is 0 Å². The Kier molecular flexibility index (Phi) is 4.50. The molecule has 0 bridgehead atoms. The van der Waals surface area contributed by atoms with E-state index in [4.69, 9.17) is 4.74 Å². The van der Waals surface area contributed by atoms with Crippen LogP contribution in [0.1, 0.15) is 0 Å². The lowest BCUT2D eigenvalue weighted by molar-refractivity contribution is 0.314. The highest BCUT2D eigenvalue weighted by atomic mass is 16.5. The van der Waals surface area contributed by atoms with Gasteiger partial charge in [-0.2, -0.15) is 5.10 Å². The fraction of sp³-hybridized carbons (Fsp3) is 0.0741. The molecule has 0 aliphatic carbocycles. The van der Waals surface area contributed by atoms with Crippen LogP contribution < -0.4 is 9.64 Å². The first-order chi connectivity index (χ1) is 15.9. The van der Waals surface area contributed by atoms with Gasteiger partial charge in [-0.05, 0) is 23.3 Å². The molecule has 5 heteroatoms. The van der Waals surface area contributed by atoms with Crippen molar-refractivity contribution < 1.29 is 4.74 Å². The molecule has 0 amide bonds. The predicted molar refractivity (Wildman–Crippen MR) is 127 cm³/mol. The maximum Gasteiger partial charge on any atom is 0.143 e. The zero-order valence-corrected chi connectivity index (χ0v) is 17.4. The van der Waals surface area contributed by atoms with Crippen LogP contribution in [0.2, 0.25) is 0 Å². The number of aromatic amines is 2. The molecule has 0 unspecified atom stereocenters. The summed E-state index contributed by atoms with van der Waals surface area (Å²) in [5.41, 5.74) is 8.17. The number of aromatic nitrogens is 3. The van der Waals surface area contributed by atoms with E-state index >= 15 is 0 Å². The summed E-state index contributed by atoms with van der Waals surface area (Å²) < 4.78 is 5.94. The molecule has 6 rings (SSSR count). The largest absolute Gasteiger partial charge is 0.490 e. The van der Waals surface area contributed by atoms with E-state index in [-0.39, 0.29) is 0 Å². The number of para-hydroxylation sites is 2. The van der Waals surface area contributed by atoms with Gasteiger partial charge in [0, 0.05) is 17.3 Å². The smallest absolute Gasteiger partial charge is 0.143 e. The van der Waals surface area contributed by atoms with Gasteiger partial charge < -0.3 is 14.6 Å². The zero-order valence-electron chi connectivity index (χ0n) is 17.4. The summed E-state index contributed by atoms with van der Waals surface area (Å²) >= 11 is 0. The fourth-order valence-electron chi connectivity index (χ4n) is 4.34. The van der Waals surface area contributed by atoms with Crippen molar-refractivity contribution in [1.29, 1.82) is 0 Å². The Morgan fingerprint density at radius 1 is 0.844 bits per heavy atom. The number of fused-ring (bicyclic) bond motifs is 1. The molecule has 155 valence electrons. The van der Waals surface area contributed by atoms with E-state index in [9.17, 15) is 0 Å². The van der Waals surface area contributed by atoms with E-state index < -0.39 is 0 Å². The summed E-state index contributed by atoms with van der Waals surface area (Å²) in [5, 5.41) is 7.71. The Labute approximate surface area is 186 Å². The van der Waals surface area contributed by atoms with Crippen molar-refractivity contribution in [1.82, 2.24) is 15.2 Å². The van der Waals surface area contributed by atoms with Crippen LogP contribution in [0.5, 0.6) is 5.75 Å². The topological polar surface area (TPSA) is 56.9 Å². The van der Waals surface area contributed by atoms with E-state index in [0.717, 1.165) is 57.3 Å². The molecule has 1 aliphatic heterocycles. The van der Waals surface area contributed by atoms with Gasteiger partial charge >= 0.3 is 0 Å². The summed E-state index contributed by atoms with van der Waals surface area (Å²) in [5.74, 6) is 0.884. The highest BCUT2D eigenvalue weighted by molar-refractivity contribution is 5.96. The van der Waals surface area contributed by atoms with Gasteiger partial charge in [-0.25, -0.2) is 0 Å². The molecule has 0 saturated carbocycles. The number of benzene rings is 3. The first kappa shape index (κ1) is 18.5. The van der Waals surface area contributed by atoms with Gasteiger partial charge in [-0.1, -0.05) is 72.8 Å². The molecule has 32 heavy (non-hydrogen) atoms. The Balaban J connectivity index is 1.58. The van der Waals surface area contributed by atoms with E-state index in [1.54, 1.807) is 0 Å². The Morgan fingerprint density at radius 3 is 2.38 bits per heavy atom. The van der Waals surface area contributed by atoms with Crippen LogP contribution in [0.15, 0.2) is 91.1 Å². The van der Waals surface area contributed by atoms with E-state index in [0.29, 0.717) is 6.61 Å². The molecule has 3 aromatic carbocycles. The average Bonchev–Trinajstić information content (AvgIpc) is 3.52. The highest BCUT2D eigenvalue weighted by Gasteiger charge is 2.28. The normalized spacial score (nSPS) is 12.9. The first-order valence-electron chi connectivity index (χ1n) is 10.7. The van der Waals surface area contributed by atoms with E-state index in [1.165, 1.54) is 0 Å². The highest BCUT2D eigenvalue weighted by Crippen LogP contribution is 2.46. The van der Waals surface area contributed by atoms with Crippen molar-refractivity contribution in [3.8, 4) is 39.4 Å². The second-order valence-corrected chi connectivity index (χ2v) is 7.70. The number of nitrogens with one attached hydrogen (secondary N) is 2.